The third-order valence-corrected chi connectivity index (χ3v) is 1.99. The Morgan fingerprint density at radius 2 is 1.75 bits per heavy atom. The van der Waals surface area contributed by atoms with Crippen molar-refractivity contribution in [2.45, 2.75) is 0 Å². The lowest BCUT2D eigenvalue weighted by Crippen LogP contribution is -1.91. The van der Waals surface area contributed by atoms with Crippen molar-refractivity contribution in [3.8, 4) is 5.75 Å². The number of ether oxygens (including phenoxy) is 1. The number of rotatable bonds is 1. The van der Waals surface area contributed by atoms with Crippen LogP contribution in [0.3, 0.4) is 0 Å². The summed E-state index contributed by atoms with van der Waals surface area (Å²) in [6, 6.07) is 3.14. The average Bonchev–Trinajstić information content (AvgIpc) is 1.97. The number of hydrogen-bond acceptors (Lipinski definition) is 2. The summed E-state index contributed by atoms with van der Waals surface area (Å²) in [4.78, 5) is 0. The number of halogens is 3. The molecule has 0 fully saturated rings. The van der Waals surface area contributed by atoms with Crippen molar-refractivity contribution in [2.75, 3.05) is 12.8 Å². The van der Waals surface area contributed by atoms with Gasteiger partial charge in [-0.25, -0.2) is 0 Å². The molecule has 12 heavy (non-hydrogen) atoms. The van der Waals surface area contributed by atoms with Gasteiger partial charge in [0.15, 0.2) is 0 Å². The first kappa shape index (κ1) is 11.7. The van der Waals surface area contributed by atoms with Crippen LogP contribution in [-0.4, -0.2) is 7.11 Å². The summed E-state index contributed by atoms with van der Waals surface area (Å²) in [7, 11) is 1.52. The van der Waals surface area contributed by atoms with Crippen LogP contribution in [0.5, 0.6) is 5.75 Å². The maximum absolute atomic E-state index is 5.70. The minimum atomic E-state index is 0. The van der Waals surface area contributed by atoms with Gasteiger partial charge in [-0.3, -0.25) is 0 Å². The molecule has 5 heteroatoms. The topological polar surface area (TPSA) is 35.2 Å². The predicted octanol–water partition coefficient (Wildman–Crippen LogP) is 3.01. The van der Waals surface area contributed by atoms with Crippen LogP contribution >= 0.6 is 35.6 Å². The van der Waals surface area contributed by atoms with Gasteiger partial charge in [0.1, 0.15) is 5.75 Å². The molecule has 0 amide bonds. The first-order valence-corrected chi connectivity index (χ1v) is 3.69. The molecule has 68 valence electrons. The molecule has 0 aliphatic carbocycles. The van der Waals surface area contributed by atoms with Crippen LogP contribution in [0, 0.1) is 0 Å². The summed E-state index contributed by atoms with van der Waals surface area (Å²) in [5, 5.41) is 0.877. The molecule has 0 atom stereocenters. The van der Waals surface area contributed by atoms with Crippen molar-refractivity contribution in [2.24, 2.45) is 0 Å². The second-order valence-corrected chi connectivity index (χ2v) is 2.82. The molecule has 2 nitrogen and oxygen atoms in total. The Labute approximate surface area is 87.0 Å². The van der Waals surface area contributed by atoms with Gasteiger partial charge in [-0.2, -0.15) is 0 Å². The van der Waals surface area contributed by atoms with Crippen molar-refractivity contribution in [1.29, 1.82) is 0 Å². The zero-order valence-corrected chi connectivity index (χ0v) is 8.63. The molecule has 0 saturated carbocycles. The minimum absolute atomic E-state index is 0. The third-order valence-electron chi connectivity index (χ3n) is 1.27. The maximum Gasteiger partial charge on any atom is 0.143 e. The van der Waals surface area contributed by atoms with Crippen LogP contribution < -0.4 is 10.5 Å². The SMILES string of the molecule is COc1cc(Cl)c(Cl)cc1N.Cl. The van der Waals surface area contributed by atoms with E-state index in [0.717, 1.165) is 0 Å². The highest BCUT2D eigenvalue weighted by atomic mass is 35.5. The van der Waals surface area contributed by atoms with E-state index < -0.39 is 0 Å². The molecule has 0 heterocycles. The van der Waals surface area contributed by atoms with E-state index in [1.165, 1.54) is 7.11 Å². The zero-order chi connectivity index (χ0) is 8.43. The van der Waals surface area contributed by atoms with Crippen LogP contribution in [0.2, 0.25) is 10.0 Å². The largest absolute Gasteiger partial charge is 0.495 e. The minimum Gasteiger partial charge on any atom is -0.495 e. The van der Waals surface area contributed by atoms with E-state index in [1.54, 1.807) is 12.1 Å². The van der Waals surface area contributed by atoms with Gasteiger partial charge in [-0.15, -0.1) is 12.4 Å². The lowest BCUT2D eigenvalue weighted by molar-refractivity contribution is 0.417. The highest BCUT2D eigenvalue weighted by Crippen LogP contribution is 2.31. The second kappa shape index (κ2) is 4.65. The molecule has 2 N–H and O–H groups in total. The standard InChI is InChI=1S/C7H7Cl2NO.ClH/c1-11-7-3-5(9)4(8)2-6(7)10;/h2-3H,10H2,1H3;1H. The molecule has 0 aromatic heterocycles. The zero-order valence-electron chi connectivity index (χ0n) is 6.30. The lowest BCUT2D eigenvalue weighted by Gasteiger charge is -2.04. The number of benzene rings is 1. The quantitative estimate of drug-likeness (QED) is 0.750. The van der Waals surface area contributed by atoms with Crippen LogP contribution in [0.15, 0.2) is 12.1 Å². The second-order valence-electron chi connectivity index (χ2n) is 2.01. The Morgan fingerprint density at radius 3 is 2.25 bits per heavy atom. The first-order chi connectivity index (χ1) is 5.15. The van der Waals surface area contributed by atoms with E-state index in [0.29, 0.717) is 21.5 Å². The Hall–Kier alpha value is -0.310. The lowest BCUT2D eigenvalue weighted by atomic mass is 10.3. The van der Waals surface area contributed by atoms with E-state index >= 15 is 0 Å². The monoisotopic (exact) mass is 227 g/mol. The molecule has 0 aliphatic heterocycles. The number of nitrogens with two attached hydrogens (primary N) is 1. The Kier molecular flexibility index (Phi) is 4.53. The fraction of sp³-hybridized carbons (Fsp3) is 0.143. The number of methoxy groups -OCH3 is 1. The van der Waals surface area contributed by atoms with Crippen molar-refractivity contribution in [3.63, 3.8) is 0 Å². The molecular weight excluding hydrogens is 220 g/mol. The Bertz CT molecular complexity index is 278. The van der Waals surface area contributed by atoms with E-state index in [2.05, 4.69) is 0 Å². The average molecular weight is 229 g/mol. The van der Waals surface area contributed by atoms with Crippen LogP contribution in [0.1, 0.15) is 0 Å². The van der Waals surface area contributed by atoms with Gasteiger partial charge in [0, 0.05) is 6.07 Å². The van der Waals surface area contributed by atoms with Crippen LogP contribution in [0.25, 0.3) is 0 Å². The van der Waals surface area contributed by atoms with Gasteiger partial charge in [-0.1, -0.05) is 23.2 Å². The Balaban J connectivity index is 0.00000121. The van der Waals surface area contributed by atoms with Crippen molar-refractivity contribution in [1.82, 2.24) is 0 Å². The molecule has 0 saturated heterocycles. The molecule has 0 unspecified atom stereocenters. The fourth-order valence-corrected chi connectivity index (χ4v) is 1.05. The molecule has 0 spiro atoms. The third kappa shape index (κ3) is 2.34. The Morgan fingerprint density at radius 1 is 1.25 bits per heavy atom. The van der Waals surface area contributed by atoms with Crippen molar-refractivity contribution in [3.05, 3.63) is 22.2 Å². The smallest absolute Gasteiger partial charge is 0.143 e. The number of hydrogen-bond donors (Lipinski definition) is 1. The van der Waals surface area contributed by atoms with E-state index in [-0.39, 0.29) is 12.4 Å². The summed E-state index contributed by atoms with van der Waals surface area (Å²) in [6.07, 6.45) is 0. The van der Waals surface area contributed by atoms with E-state index in [4.69, 9.17) is 33.7 Å². The van der Waals surface area contributed by atoms with Gasteiger partial charge in [0.05, 0.1) is 22.8 Å². The van der Waals surface area contributed by atoms with Gasteiger partial charge < -0.3 is 10.5 Å². The van der Waals surface area contributed by atoms with Crippen molar-refractivity contribution < 1.29 is 4.74 Å². The highest BCUT2D eigenvalue weighted by Gasteiger charge is 2.03. The molecule has 0 bridgehead atoms. The van der Waals surface area contributed by atoms with Gasteiger partial charge >= 0.3 is 0 Å². The molecule has 1 aromatic carbocycles. The number of anilines is 1. The summed E-state index contributed by atoms with van der Waals surface area (Å²) in [6.45, 7) is 0. The maximum atomic E-state index is 5.70. The van der Waals surface area contributed by atoms with Gasteiger partial charge in [0.2, 0.25) is 0 Å². The van der Waals surface area contributed by atoms with E-state index in [1.807, 2.05) is 0 Å². The normalized spacial score (nSPS) is 8.92. The van der Waals surface area contributed by atoms with Crippen LogP contribution in [-0.2, 0) is 0 Å². The fourth-order valence-electron chi connectivity index (χ4n) is 0.721. The van der Waals surface area contributed by atoms with Gasteiger partial charge in [-0.05, 0) is 6.07 Å². The summed E-state index contributed by atoms with van der Waals surface area (Å²) in [5.41, 5.74) is 6.02. The van der Waals surface area contributed by atoms with E-state index in [9.17, 15) is 0 Å². The molecule has 1 aromatic rings. The first-order valence-electron chi connectivity index (χ1n) is 2.93. The molecule has 0 radical (unpaired) electrons. The molecule has 1 rings (SSSR count). The summed E-state index contributed by atoms with van der Waals surface area (Å²) < 4.78 is 4.91. The summed E-state index contributed by atoms with van der Waals surface area (Å²) >= 11 is 11.4. The molecule has 0 aliphatic rings. The predicted molar refractivity (Wildman–Crippen MR) is 54.7 cm³/mol. The highest BCUT2D eigenvalue weighted by molar-refractivity contribution is 6.42. The summed E-state index contributed by atoms with van der Waals surface area (Å²) in [5.74, 6) is 0.541. The van der Waals surface area contributed by atoms with Crippen molar-refractivity contribution >= 4 is 41.3 Å². The van der Waals surface area contributed by atoms with Gasteiger partial charge in [0.25, 0.3) is 0 Å². The molecular formula is C7H8Cl3NO. The number of nitrogen functional groups attached to an aromatic ring is 1. The van der Waals surface area contributed by atoms with Crippen LogP contribution in [0.4, 0.5) is 5.69 Å².